The summed E-state index contributed by atoms with van der Waals surface area (Å²) in [5.74, 6) is -5.40. The fourth-order valence-electron chi connectivity index (χ4n) is 1.35. The van der Waals surface area contributed by atoms with Crippen molar-refractivity contribution >= 4 is 5.71 Å². The lowest BCUT2D eigenvalue weighted by Crippen LogP contribution is -2.30. The summed E-state index contributed by atoms with van der Waals surface area (Å²) in [4.78, 5) is 3.31. The molecule has 0 fully saturated rings. The molecule has 0 aliphatic rings. The molecule has 0 aromatic heterocycles. The Morgan fingerprint density at radius 2 is 1.75 bits per heavy atom. The van der Waals surface area contributed by atoms with E-state index in [0.717, 1.165) is 25.2 Å². The zero-order chi connectivity index (χ0) is 12.3. The standard InChI is InChI=1S/C11H11F4N/c1-3-11(14,15)10(16-2)9-7(12)5-4-6-8(9)13/h4-6H,3H2,1-2H3. The van der Waals surface area contributed by atoms with E-state index < -0.39 is 35.3 Å². The quantitative estimate of drug-likeness (QED) is 0.560. The third-order valence-corrected chi connectivity index (χ3v) is 2.21. The summed E-state index contributed by atoms with van der Waals surface area (Å²) in [6, 6.07) is 2.97. The van der Waals surface area contributed by atoms with E-state index in [-0.39, 0.29) is 0 Å². The van der Waals surface area contributed by atoms with E-state index in [2.05, 4.69) is 4.99 Å². The van der Waals surface area contributed by atoms with Gasteiger partial charge in [-0.2, -0.15) is 8.78 Å². The van der Waals surface area contributed by atoms with Crippen molar-refractivity contribution < 1.29 is 17.6 Å². The van der Waals surface area contributed by atoms with Crippen LogP contribution in [0.25, 0.3) is 0 Å². The van der Waals surface area contributed by atoms with Crippen molar-refractivity contribution in [1.82, 2.24) is 0 Å². The summed E-state index contributed by atoms with van der Waals surface area (Å²) < 4.78 is 53.4. The Hall–Kier alpha value is -1.39. The Labute approximate surface area is 90.8 Å². The Morgan fingerprint density at radius 1 is 1.25 bits per heavy atom. The maximum absolute atomic E-state index is 13.4. The molecule has 88 valence electrons. The number of benzene rings is 1. The van der Waals surface area contributed by atoms with Crippen molar-refractivity contribution in [1.29, 1.82) is 0 Å². The number of halogens is 4. The maximum Gasteiger partial charge on any atom is 0.289 e. The van der Waals surface area contributed by atoms with Gasteiger partial charge in [-0.05, 0) is 12.1 Å². The highest BCUT2D eigenvalue weighted by Gasteiger charge is 2.37. The highest BCUT2D eigenvalue weighted by atomic mass is 19.3. The van der Waals surface area contributed by atoms with Crippen molar-refractivity contribution in [3.63, 3.8) is 0 Å². The maximum atomic E-state index is 13.4. The van der Waals surface area contributed by atoms with Crippen molar-refractivity contribution in [2.24, 2.45) is 4.99 Å². The highest BCUT2D eigenvalue weighted by molar-refractivity contribution is 6.05. The molecule has 16 heavy (non-hydrogen) atoms. The van der Waals surface area contributed by atoms with Gasteiger partial charge in [-0.3, -0.25) is 4.99 Å². The zero-order valence-electron chi connectivity index (χ0n) is 8.90. The summed E-state index contributed by atoms with van der Waals surface area (Å²) in [5, 5.41) is 0. The van der Waals surface area contributed by atoms with Crippen LogP contribution in [0.2, 0.25) is 0 Å². The molecule has 0 unspecified atom stereocenters. The van der Waals surface area contributed by atoms with Crippen LogP contribution in [-0.4, -0.2) is 18.7 Å². The van der Waals surface area contributed by atoms with E-state index in [4.69, 9.17) is 0 Å². The second kappa shape index (κ2) is 4.63. The monoisotopic (exact) mass is 233 g/mol. The fraction of sp³-hybridized carbons (Fsp3) is 0.364. The van der Waals surface area contributed by atoms with Gasteiger partial charge in [0.25, 0.3) is 5.92 Å². The largest absolute Gasteiger partial charge is 0.289 e. The van der Waals surface area contributed by atoms with Gasteiger partial charge in [0.15, 0.2) is 0 Å². The summed E-state index contributed by atoms with van der Waals surface area (Å²) in [6.07, 6.45) is -0.562. The van der Waals surface area contributed by atoms with Gasteiger partial charge in [0.1, 0.15) is 17.3 Å². The molecule has 0 bridgehead atoms. The number of hydrogen-bond acceptors (Lipinski definition) is 1. The SMILES string of the molecule is CCC(F)(F)C(=NC)c1c(F)cccc1F. The average Bonchev–Trinajstić information content (AvgIpc) is 2.23. The molecular weight excluding hydrogens is 222 g/mol. The lowest BCUT2D eigenvalue weighted by molar-refractivity contribution is 0.0739. The lowest BCUT2D eigenvalue weighted by Gasteiger charge is -2.17. The first-order valence-corrected chi connectivity index (χ1v) is 4.73. The van der Waals surface area contributed by atoms with Crippen LogP contribution in [0.15, 0.2) is 23.2 Å². The molecule has 0 saturated heterocycles. The third-order valence-electron chi connectivity index (χ3n) is 2.21. The Kier molecular flexibility index (Phi) is 3.67. The smallest absolute Gasteiger partial charge is 0.286 e. The van der Waals surface area contributed by atoms with Crippen LogP contribution in [0.1, 0.15) is 18.9 Å². The van der Waals surface area contributed by atoms with Gasteiger partial charge in [0, 0.05) is 13.5 Å². The Bertz CT molecular complexity index is 392. The fourth-order valence-corrected chi connectivity index (χ4v) is 1.35. The van der Waals surface area contributed by atoms with E-state index in [1.165, 1.54) is 6.92 Å². The van der Waals surface area contributed by atoms with Gasteiger partial charge in [0.2, 0.25) is 0 Å². The first-order chi connectivity index (χ1) is 7.44. The highest BCUT2D eigenvalue weighted by Crippen LogP contribution is 2.27. The second-order valence-corrected chi connectivity index (χ2v) is 3.23. The van der Waals surface area contributed by atoms with E-state index >= 15 is 0 Å². The predicted molar refractivity (Wildman–Crippen MR) is 54.1 cm³/mol. The van der Waals surface area contributed by atoms with Gasteiger partial charge in [0.05, 0.1) is 5.56 Å². The van der Waals surface area contributed by atoms with E-state index in [1.54, 1.807) is 0 Å². The first kappa shape index (κ1) is 12.7. The van der Waals surface area contributed by atoms with Crippen molar-refractivity contribution in [2.75, 3.05) is 7.05 Å². The van der Waals surface area contributed by atoms with Gasteiger partial charge in [-0.25, -0.2) is 8.78 Å². The predicted octanol–water partition coefficient (Wildman–Crippen LogP) is 3.43. The Balaban J connectivity index is 3.37. The second-order valence-electron chi connectivity index (χ2n) is 3.23. The molecule has 5 heteroatoms. The van der Waals surface area contributed by atoms with Crippen molar-refractivity contribution in [3.05, 3.63) is 35.4 Å². The molecule has 0 atom stereocenters. The number of hydrogen-bond donors (Lipinski definition) is 0. The van der Waals surface area contributed by atoms with Crippen LogP contribution in [0.5, 0.6) is 0 Å². The summed E-state index contributed by atoms with van der Waals surface area (Å²) in [6.45, 7) is 1.23. The summed E-state index contributed by atoms with van der Waals surface area (Å²) >= 11 is 0. The molecule has 0 aliphatic heterocycles. The molecule has 1 aromatic carbocycles. The lowest BCUT2D eigenvalue weighted by atomic mass is 10.0. The molecule has 0 radical (unpaired) electrons. The minimum Gasteiger partial charge on any atom is -0.286 e. The minimum atomic E-state index is -3.34. The number of alkyl halides is 2. The van der Waals surface area contributed by atoms with Crippen LogP contribution in [0, 0.1) is 11.6 Å². The van der Waals surface area contributed by atoms with E-state index in [9.17, 15) is 17.6 Å². The van der Waals surface area contributed by atoms with E-state index in [0.29, 0.717) is 0 Å². The molecule has 1 aromatic rings. The van der Waals surface area contributed by atoms with Crippen LogP contribution in [0.4, 0.5) is 17.6 Å². The molecular formula is C11H11F4N. The van der Waals surface area contributed by atoms with Crippen molar-refractivity contribution in [2.45, 2.75) is 19.3 Å². The molecule has 0 heterocycles. The molecule has 0 spiro atoms. The molecule has 1 rings (SSSR count). The average molecular weight is 233 g/mol. The summed E-state index contributed by atoms with van der Waals surface area (Å²) in [5.41, 5.74) is -1.61. The first-order valence-electron chi connectivity index (χ1n) is 4.73. The zero-order valence-corrected chi connectivity index (χ0v) is 8.90. The molecule has 0 saturated carbocycles. The summed E-state index contributed by atoms with van der Waals surface area (Å²) in [7, 11) is 1.09. The molecule has 0 aliphatic carbocycles. The van der Waals surface area contributed by atoms with Crippen LogP contribution >= 0.6 is 0 Å². The third kappa shape index (κ3) is 2.23. The van der Waals surface area contributed by atoms with Crippen LogP contribution < -0.4 is 0 Å². The number of nitrogens with zero attached hydrogens (tertiary/aromatic N) is 1. The Morgan fingerprint density at radius 3 is 2.12 bits per heavy atom. The van der Waals surface area contributed by atoms with Crippen LogP contribution in [-0.2, 0) is 0 Å². The topological polar surface area (TPSA) is 12.4 Å². The van der Waals surface area contributed by atoms with Gasteiger partial charge < -0.3 is 0 Å². The molecule has 0 amide bonds. The van der Waals surface area contributed by atoms with Crippen LogP contribution in [0.3, 0.4) is 0 Å². The molecule has 1 nitrogen and oxygen atoms in total. The van der Waals surface area contributed by atoms with Gasteiger partial charge in [-0.15, -0.1) is 0 Å². The van der Waals surface area contributed by atoms with E-state index in [1.807, 2.05) is 0 Å². The minimum absolute atomic E-state index is 0.562. The molecule has 0 N–H and O–H groups in total. The number of aliphatic imine (C=N–C) groups is 1. The van der Waals surface area contributed by atoms with Crippen molar-refractivity contribution in [3.8, 4) is 0 Å². The van der Waals surface area contributed by atoms with Gasteiger partial charge >= 0.3 is 0 Å². The normalized spacial score (nSPS) is 13.0. The van der Waals surface area contributed by atoms with Gasteiger partial charge in [-0.1, -0.05) is 13.0 Å². The number of rotatable bonds is 3.